The molecule has 4 heteroatoms. The normalized spacial score (nSPS) is 23.5. The summed E-state index contributed by atoms with van der Waals surface area (Å²) in [6, 6.07) is 10.1. The van der Waals surface area contributed by atoms with Crippen molar-refractivity contribution < 1.29 is 0 Å². The third kappa shape index (κ3) is 4.35. The van der Waals surface area contributed by atoms with Gasteiger partial charge < -0.3 is 5.32 Å². The van der Waals surface area contributed by atoms with Crippen molar-refractivity contribution in [3.05, 3.63) is 44.8 Å². The maximum absolute atomic E-state index is 3.95. The van der Waals surface area contributed by atoms with Crippen LogP contribution in [0.4, 0.5) is 0 Å². The first-order valence-corrected chi connectivity index (χ1v) is 10.6. The summed E-state index contributed by atoms with van der Waals surface area (Å²) in [7, 11) is 0. The van der Waals surface area contributed by atoms with Crippen molar-refractivity contribution in [3.63, 3.8) is 0 Å². The SMILES string of the molecule is CCSC1CCC(NC(Cc2cccs2)c2cccs2)C1. The molecule has 114 valence electrons. The van der Waals surface area contributed by atoms with Crippen molar-refractivity contribution in [1.82, 2.24) is 5.32 Å². The fraction of sp³-hybridized carbons (Fsp3) is 0.529. The Morgan fingerprint density at radius 3 is 2.81 bits per heavy atom. The predicted molar refractivity (Wildman–Crippen MR) is 97.8 cm³/mol. The molecule has 3 unspecified atom stereocenters. The summed E-state index contributed by atoms with van der Waals surface area (Å²) in [5.74, 6) is 1.25. The Kier molecular flexibility index (Phi) is 5.81. The lowest BCUT2D eigenvalue weighted by Crippen LogP contribution is -2.31. The van der Waals surface area contributed by atoms with Crippen molar-refractivity contribution >= 4 is 34.4 Å². The largest absolute Gasteiger partial charge is 0.306 e. The molecule has 0 spiro atoms. The van der Waals surface area contributed by atoms with Crippen LogP contribution in [0, 0.1) is 0 Å². The highest BCUT2D eigenvalue weighted by molar-refractivity contribution is 7.99. The summed E-state index contributed by atoms with van der Waals surface area (Å²) < 4.78 is 0. The molecule has 2 aromatic heterocycles. The van der Waals surface area contributed by atoms with Crippen LogP contribution >= 0.6 is 34.4 Å². The predicted octanol–water partition coefficient (Wildman–Crippen LogP) is 5.36. The van der Waals surface area contributed by atoms with E-state index in [0.717, 1.165) is 11.7 Å². The molecular formula is C17H23NS3. The van der Waals surface area contributed by atoms with E-state index in [1.165, 1.54) is 34.8 Å². The number of rotatable bonds is 7. The lowest BCUT2D eigenvalue weighted by atomic mass is 10.1. The minimum Gasteiger partial charge on any atom is -0.306 e. The molecule has 0 saturated heterocycles. The van der Waals surface area contributed by atoms with Crippen LogP contribution in [0.25, 0.3) is 0 Å². The zero-order chi connectivity index (χ0) is 14.5. The topological polar surface area (TPSA) is 12.0 Å². The molecule has 0 bridgehead atoms. The molecule has 2 aromatic rings. The maximum Gasteiger partial charge on any atom is 0.0465 e. The minimum atomic E-state index is 0.485. The van der Waals surface area contributed by atoms with Gasteiger partial charge in [-0.05, 0) is 47.9 Å². The molecule has 1 nitrogen and oxygen atoms in total. The molecule has 1 aliphatic carbocycles. The summed E-state index contributed by atoms with van der Waals surface area (Å²) in [6.45, 7) is 2.27. The Bertz CT molecular complexity index is 506. The average molecular weight is 338 g/mol. The molecular weight excluding hydrogens is 314 g/mol. The highest BCUT2D eigenvalue weighted by Crippen LogP contribution is 2.33. The second kappa shape index (κ2) is 7.82. The van der Waals surface area contributed by atoms with E-state index in [-0.39, 0.29) is 0 Å². The van der Waals surface area contributed by atoms with Gasteiger partial charge in [0.25, 0.3) is 0 Å². The van der Waals surface area contributed by atoms with E-state index in [2.05, 4.69) is 59.0 Å². The van der Waals surface area contributed by atoms with Crippen LogP contribution in [0.15, 0.2) is 35.0 Å². The van der Waals surface area contributed by atoms with Crippen LogP contribution in [0.5, 0.6) is 0 Å². The Balaban J connectivity index is 1.63. The third-order valence-electron chi connectivity index (χ3n) is 4.10. The van der Waals surface area contributed by atoms with Gasteiger partial charge in [0, 0.05) is 33.5 Å². The summed E-state index contributed by atoms with van der Waals surface area (Å²) >= 11 is 5.90. The second-order valence-corrected chi connectivity index (χ2v) is 9.19. The van der Waals surface area contributed by atoms with Crippen molar-refractivity contribution in [3.8, 4) is 0 Å². The monoisotopic (exact) mass is 337 g/mol. The first kappa shape index (κ1) is 15.6. The lowest BCUT2D eigenvalue weighted by molar-refractivity contribution is 0.444. The van der Waals surface area contributed by atoms with Gasteiger partial charge in [0.2, 0.25) is 0 Å². The first-order valence-electron chi connectivity index (χ1n) is 7.78. The standard InChI is InChI=1S/C17H23NS3/c1-2-19-15-8-7-13(11-15)18-16(17-6-4-10-21-17)12-14-5-3-9-20-14/h3-6,9-10,13,15-16,18H,2,7-8,11-12H2,1H3. The fourth-order valence-corrected chi connectivity index (χ4v) is 5.81. The van der Waals surface area contributed by atoms with Crippen molar-refractivity contribution in [2.45, 2.75) is 49.9 Å². The molecule has 1 fully saturated rings. The van der Waals surface area contributed by atoms with Crippen LogP contribution < -0.4 is 5.32 Å². The Morgan fingerprint density at radius 2 is 2.10 bits per heavy atom. The average Bonchev–Trinajstić information content (AvgIpc) is 3.21. The molecule has 3 rings (SSSR count). The molecule has 0 aromatic carbocycles. The van der Waals surface area contributed by atoms with Gasteiger partial charge >= 0.3 is 0 Å². The van der Waals surface area contributed by atoms with E-state index in [1.807, 2.05) is 22.7 Å². The number of thiophene rings is 2. The van der Waals surface area contributed by atoms with E-state index in [0.29, 0.717) is 12.1 Å². The van der Waals surface area contributed by atoms with Gasteiger partial charge in [0.05, 0.1) is 0 Å². The second-order valence-electron chi connectivity index (χ2n) is 5.61. The van der Waals surface area contributed by atoms with Crippen molar-refractivity contribution in [1.29, 1.82) is 0 Å². The van der Waals surface area contributed by atoms with Crippen LogP contribution in [-0.4, -0.2) is 17.0 Å². The van der Waals surface area contributed by atoms with Gasteiger partial charge in [-0.15, -0.1) is 22.7 Å². The molecule has 21 heavy (non-hydrogen) atoms. The summed E-state index contributed by atoms with van der Waals surface area (Å²) in [4.78, 5) is 2.97. The van der Waals surface area contributed by atoms with Crippen LogP contribution in [0.1, 0.15) is 42.0 Å². The van der Waals surface area contributed by atoms with Crippen LogP contribution in [0.3, 0.4) is 0 Å². The van der Waals surface area contributed by atoms with E-state index in [4.69, 9.17) is 0 Å². The lowest BCUT2D eigenvalue weighted by Gasteiger charge is -2.22. The molecule has 3 atom stereocenters. The van der Waals surface area contributed by atoms with Crippen molar-refractivity contribution in [2.75, 3.05) is 5.75 Å². The Labute approximate surface area is 140 Å². The smallest absolute Gasteiger partial charge is 0.0465 e. The van der Waals surface area contributed by atoms with E-state index >= 15 is 0 Å². The zero-order valence-corrected chi connectivity index (χ0v) is 14.9. The summed E-state index contributed by atoms with van der Waals surface area (Å²) in [5, 5.41) is 9.20. The van der Waals surface area contributed by atoms with Gasteiger partial charge in [-0.3, -0.25) is 0 Å². The summed E-state index contributed by atoms with van der Waals surface area (Å²) in [6.07, 6.45) is 5.18. The highest BCUT2D eigenvalue weighted by atomic mass is 32.2. The van der Waals surface area contributed by atoms with E-state index < -0.39 is 0 Å². The van der Waals surface area contributed by atoms with Gasteiger partial charge in [0.1, 0.15) is 0 Å². The van der Waals surface area contributed by atoms with Gasteiger partial charge in [-0.1, -0.05) is 19.1 Å². The molecule has 1 saturated carbocycles. The highest BCUT2D eigenvalue weighted by Gasteiger charge is 2.27. The Morgan fingerprint density at radius 1 is 1.24 bits per heavy atom. The molecule has 0 aliphatic heterocycles. The third-order valence-corrected chi connectivity index (χ3v) is 7.21. The number of thioether (sulfide) groups is 1. The summed E-state index contributed by atoms with van der Waals surface area (Å²) in [5.41, 5.74) is 0. The molecule has 0 amide bonds. The molecule has 1 aliphatic rings. The number of nitrogens with one attached hydrogen (secondary N) is 1. The quantitative estimate of drug-likeness (QED) is 0.730. The Hall–Kier alpha value is -0.290. The molecule has 0 radical (unpaired) electrons. The number of hydrogen-bond acceptors (Lipinski definition) is 4. The number of hydrogen-bond donors (Lipinski definition) is 1. The van der Waals surface area contributed by atoms with Crippen LogP contribution in [-0.2, 0) is 6.42 Å². The van der Waals surface area contributed by atoms with Crippen molar-refractivity contribution in [2.24, 2.45) is 0 Å². The fourth-order valence-electron chi connectivity index (χ4n) is 3.12. The van der Waals surface area contributed by atoms with Gasteiger partial charge in [0.15, 0.2) is 0 Å². The minimum absolute atomic E-state index is 0.485. The van der Waals surface area contributed by atoms with E-state index in [9.17, 15) is 0 Å². The van der Waals surface area contributed by atoms with Gasteiger partial charge in [-0.2, -0.15) is 11.8 Å². The van der Waals surface area contributed by atoms with Crippen LogP contribution in [0.2, 0.25) is 0 Å². The molecule has 2 heterocycles. The zero-order valence-electron chi connectivity index (χ0n) is 12.5. The maximum atomic E-state index is 3.95. The van der Waals surface area contributed by atoms with Gasteiger partial charge in [-0.25, -0.2) is 0 Å². The molecule has 1 N–H and O–H groups in total. The first-order chi connectivity index (χ1) is 10.3. The van der Waals surface area contributed by atoms with E-state index in [1.54, 1.807) is 0 Å².